The number of sulfonamides is 1. The van der Waals surface area contributed by atoms with Crippen LogP contribution in [-0.4, -0.2) is 78.7 Å². The second-order valence-electron chi connectivity index (χ2n) is 8.84. The molecule has 1 atom stereocenters. The summed E-state index contributed by atoms with van der Waals surface area (Å²) in [4.78, 5) is 45.3. The van der Waals surface area contributed by atoms with Gasteiger partial charge < -0.3 is 29.5 Å². The largest absolute Gasteiger partial charge is 0.481 e. The Kier molecular flexibility index (Phi) is 12.9. The number of aromatic nitrogens is 1. The molecule has 0 spiro atoms. The number of carbonyl (C=O) groups is 4. The molecule has 0 bridgehead atoms. The summed E-state index contributed by atoms with van der Waals surface area (Å²) in [5.41, 5.74) is 2.87. The lowest BCUT2D eigenvalue weighted by molar-refractivity contribution is -0.140. The Hall–Kier alpha value is -4.22. The number of alkyl carbamates (subject to hydrolysis) is 1. The van der Waals surface area contributed by atoms with E-state index >= 15 is 0 Å². The van der Waals surface area contributed by atoms with Gasteiger partial charge in [0.1, 0.15) is 30.7 Å². The second-order valence-corrected chi connectivity index (χ2v) is 13.2. The summed E-state index contributed by atoms with van der Waals surface area (Å²) in [6.07, 6.45) is -2.85. The smallest absolute Gasteiger partial charge is 0.421 e. The van der Waals surface area contributed by atoms with E-state index in [0.29, 0.717) is 28.5 Å². The SMILES string of the molecule is Cc1onc(-c2ccc(S(=O)(=O)NC(=O)OCCSSCCOC(=O)NC(CCC(=O)O)C(=O)O)cc2)c1-c1ccccc1. The third kappa shape index (κ3) is 10.5. The molecule has 0 fully saturated rings. The minimum absolute atomic E-state index is 0.0586. The van der Waals surface area contributed by atoms with Crippen molar-refractivity contribution in [2.24, 2.45) is 0 Å². The Morgan fingerprint density at radius 3 is 2.11 bits per heavy atom. The van der Waals surface area contributed by atoms with Crippen LogP contribution in [0.4, 0.5) is 9.59 Å². The van der Waals surface area contributed by atoms with E-state index in [9.17, 15) is 27.6 Å². The molecule has 0 radical (unpaired) electrons. The number of amides is 2. The molecule has 17 heteroatoms. The van der Waals surface area contributed by atoms with E-state index in [1.54, 1.807) is 19.1 Å². The summed E-state index contributed by atoms with van der Waals surface area (Å²) in [6, 6.07) is 13.9. The first kappa shape index (κ1) is 34.3. The number of aryl methyl sites for hydroxylation is 1. The fourth-order valence-electron chi connectivity index (χ4n) is 3.67. The van der Waals surface area contributed by atoms with Gasteiger partial charge in [0.05, 0.1) is 10.5 Å². The summed E-state index contributed by atoms with van der Waals surface area (Å²) in [5, 5.41) is 23.9. The van der Waals surface area contributed by atoms with Gasteiger partial charge in [-0.1, -0.05) is 69.2 Å². The zero-order chi connectivity index (χ0) is 32.1. The number of carboxylic acids is 2. The van der Waals surface area contributed by atoms with Crippen molar-refractivity contribution in [1.29, 1.82) is 0 Å². The standard InChI is InChI=1S/C27H29N3O11S3/c1-17-23(18-5-3-2-4-6-18)24(29-41-17)19-7-9-20(10-8-19)44(37,38)30-27(36)40-14-16-43-42-15-13-39-26(35)28-21(25(33)34)11-12-22(31)32/h2-10,21H,11-16H2,1H3,(H,28,35)(H,30,36)(H,31,32)(H,33,34). The van der Waals surface area contributed by atoms with E-state index in [2.05, 4.69) is 10.5 Å². The van der Waals surface area contributed by atoms with E-state index in [-0.39, 0.29) is 24.5 Å². The van der Waals surface area contributed by atoms with Gasteiger partial charge in [0.25, 0.3) is 10.0 Å². The minimum atomic E-state index is -4.20. The molecular weight excluding hydrogens is 639 g/mol. The maximum Gasteiger partial charge on any atom is 0.421 e. The van der Waals surface area contributed by atoms with Gasteiger partial charge in [-0.2, -0.15) is 0 Å². The lowest BCUT2D eigenvalue weighted by atomic mass is 10.00. The number of carbonyl (C=O) groups excluding carboxylic acids is 2. The predicted octanol–water partition coefficient (Wildman–Crippen LogP) is 4.16. The van der Waals surface area contributed by atoms with Gasteiger partial charge in [-0.25, -0.2) is 27.5 Å². The van der Waals surface area contributed by atoms with Crippen LogP contribution in [0.5, 0.6) is 0 Å². The highest BCUT2D eigenvalue weighted by molar-refractivity contribution is 8.76. The predicted molar refractivity (Wildman–Crippen MR) is 161 cm³/mol. The highest BCUT2D eigenvalue weighted by atomic mass is 33.1. The molecule has 0 saturated carbocycles. The fraction of sp³-hybridized carbons (Fsp3) is 0.296. The maximum absolute atomic E-state index is 12.7. The van der Waals surface area contributed by atoms with Crippen LogP contribution in [-0.2, 0) is 29.1 Å². The molecule has 44 heavy (non-hydrogen) atoms. The first-order chi connectivity index (χ1) is 21.0. The zero-order valence-corrected chi connectivity index (χ0v) is 25.7. The molecule has 4 N–H and O–H groups in total. The first-order valence-corrected chi connectivity index (χ1v) is 16.9. The van der Waals surface area contributed by atoms with Gasteiger partial charge >= 0.3 is 24.1 Å². The number of rotatable bonds is 16. The van der Waals surface area contributed by atoms with Crippen molar-refractivity contribution in [1.82, 2.24) is 15.2 Å². The van der Waals surface area contributed by atoms with E-state index in [1.807, 2.05) is 35.1 Å². The second kappa shape index (κ2) is 16.6. The Morgan fingerprint density at radius 2 is 1.52 bits per heavy atom. The van der Waals surface area contributed by atoms with Crippen LogP contribution >= 0.6 is 21.6 Å². The Morgan fingerprint density at radius 1 is 0.909 bits per heavy atom. The molecule has 1 unspecified atom stereocenters. The number of benzene rings is 2. The molecule has 3 aromatic rings. The summed E-state index contributed by atoms with van der Waals surface area (Å²) < 4.78 is 42.3. The average Bonchev–Trinajstić information content (AvgIpc) is 3.37. The van der Waals surface area contributed by atoms with Gasteiger partial charge in [0, 0.05) is 23.5 Å². The van der Waals surface area contributed by atoms with Crippen molar-refractivity contribution in [2.45, 2.75) is 30.7 Å². The number of aliphatic carboxylic acids is 2. The minimum Gasteiger partial charge on any atom is -0.481 e. The number of hydrogen-bond acceptors (Lipinski definition) is 12. The third-order valence-electron chi connectivity index (χ3n) is 5.70. The molecular formula is C27H29N3O11S3. The number of ether oxygens (including phenoxy) is 2. The lowest BCUT2D eigenvalue weighted by Gasteiger charge is -2.13. The summed E-state index contributed by atoms with van der Waals surface area (Å²) in [5.74, 6) is -1.33. The molecule has 14 nitrogen and oxygen atoms in total. The van der Waals surface area contributed by atoms with Gasteiger partial charge in [-0.15, -0.1) is 0 Å². The van der Waals surface area contributed by atoms with Gasteiger partial charge in [-0.3, -0.25) is 4.79 Å². The monoisotopic (exact) mass is 667 g/mol. The van der Waals surface area contributed by atoms with Crippen molar-refractivity contribution in [3.05, 3.63) is 60.4 Å². The maximum atomic E-state index is 12.7. The molecule has 3 rings (SSSR count). The number of hydrogen-bond donors (Lipinski definition) is 4. The Balaban J connectivity index is 1.37. The molecule has 1 aromatic heterocycles. The van der Waals surface area contributed by atoms with E-state index in [1.165, 1.54) is 33.7 Å². The molecule has 1 heterocycles. The van der Waals surface area contributed by atoms with Crippen LogP contribution < -0.4 is 10.0 Å². The van der Waals surface area contributed by atoms with Crippen molar-refractivity contribution in [2.75, 3.05) is 24.7 Å². The molecule has 0 aliphatic carbocycles. The molecule has 0 aliphatic heterocycles. The van der Waals surface area contributed by atoms with Crippen LogP contribution in [0.15, 0.2) is 64.0 Å². The summed E-state index contributed by atoms with van der Waals surface area (Å²) in [7, 11) is -1.66. The van der Waals surface area contributed by atoms with Gasteiger partial charge in [0.2, 0.25) is 0 Å². The molecule has 0 saturated heterocycles. The lowest BCUT2D eigenvalue weighted by Crippen LogP contribution is -2.41. The summed E-state index contributed by atoms with van der Waals surface area (Å²) >= 11 is 0. The van der Waals surface area contributed by atoms with Crippen LogP contribution in [0, 0.1) is 6.92 Å². The normalized spacial score (nSPS) is 11.8. The topological polar surface area (TPSA) is 211 Å². The van der Waals surface area contributed by atoms with Crippen molar-refractivity contribution in [3.63, 3.8) is 0 Å². The van der Waals surface area contributed by atoms with Gasteiger partial charge in [0.15, 0.2) is 0 Å². The van der Waals surface area contributed by atoms with Crippen molar-refractivity contribution < 1.29 is 51.8 Å². The Labute approximate surface area is 260 Å². The molecule has 2 aromatic carbocycles. The molecule has 2 amide bonds. The number of nitrogens with one attached hydrogen (secondary N) is 2. The van der Waals surface area contributed by atoms with Crippen LogP contribution in [0.25, 0.3) is 22.4 Å². The zero-order valence-electron chi connectivity index (χ0n) is 23.3. The van der Waals surface area contributed by atoms with Crippen LogP contribution in [0.1, 0.15) is 18.6 Å². The van der Waals surface area contributed by atoms with Crippen molar-refractivity contribution >= 4 is 55.7 Å². The number of carboxylic acid groups (broad SMARTS) is 2. The fourth-order valence-corrected chi connectivity index (χ4v) is 6.21. The van der Waals surface area contributed by atoms with Crippen LogP contribution in [0.3, 0.4) is 0 Å². The third-order valence-corrected chi connectivity index (χ3v) is 9.36. The first-order valence-electron chi connectivity index (χ1n) is 12.9. The quantitative estimate of drug-likeness (QED) is 0.125. The summed E-state index contributed by atoms with van der Waals surface area (Å²) in [6.45, 7) is 1.63. The Bertz CT molecular complexity index is 1550. The highest BCUT2D eigenvalue weighted by Gasteiger charge is 2.22. The average molecular weight is 668 g/mol. The molecule has 0 aliphatic rings. The van der Waals surface area contributed by atoms with E-state index in [0.717, 1.165) is 11.1 Å². The molecule has 236 valence electrons. The van der Waals surface area contributed by atoms with Crippen LogP contribution in [0.2, 0.25) is 0 Å². The van der Waals surface area contributed by atoms with Gasteiger partial charge in [-0.05, 0) is 31.0 Å². The highest BCUT2D eigenvalue weighted by Crippen LogP contribution is 2.34. The van der Waals surface area contributed by atoms with E-state index < -0.39 is 46.6 Å². The van der Waals surface area contributed by atoms with E-state index in [4.69, 9.17) is 24.2 Å². The number of nitrogens with zero attached hydrogens (tertiary/aromatic N) is 1. The van der Waals surface area contributed by atoms with Crippen molar-refractivity contribution in [3.8, 4) is 22.4 Å².